The summed E-state index contributed by atoms with van der Waals surface area (Å²) in [6, 6.07) is 2.12. The van der Waals surface area contributed by atoms with E-state index in [0.717, 1.165) is 24.4 Å². The molecule has 2 heterocycles. The Morgan fingerprint density at radius 2 is 1.89 bits per heavy atom. The van der Waals surface area contributed by atoms with E-state index in [1.54, 1.807) is 0 Å². The second-order valence-electron chi connectivity index (χ2n) is 6.37. The molecule has 0 aliphatic carbocycles. The number of rotatable bonds is 7. The molecule has 2 rings (SSSR count). The van der Waals surface area contributed by atoms with Crippen LogP contribution in [0, 0.1) is 5.92 Å². The third kappa shape index (κ3) is 3.36. The molecule has 2 aliphatic rings. The molecule has 104 valence electrons. The van der Waals surface area contributed by atoms with Crippen molar-refractivity contribution in [3.63, 3.8) is 0 Å². The van der Waals surface area contributed by atoms with Crippen LogP contribution < -0.4 is 5.73 Å². The van der Waals surface area contributed by atoms with Crippen LogP contribution in [0.25, 0.3) is 0 Å². The molecular formula is C16H30N2. The van der Waals surface area contributed by atoms with Gasteiger partial charge in [0, 0.05) is 18.1 Å². The van der Waals surface area contributed by atoms with Gasteiger partial charge in [-0.15, -0.1) is 6.58 Å². The highest BCUT2D eigenvalue weighted by atomic mass is 15.2. The molecule has 0 saturated carbocycles. The van der Waals surface area contributed by atoms with E-state index in [9.17, 15) is 0 Å². The number of nitrogens with two attached hydrogens (primary N) is 1. The second kappa shape index (κ2) is 6.72. The van der Waals surface area contributed by atoms with E-state index in [0.29, 0.717) is 6.04 Å². The van der Waals surface area contributed by atoms with Crippen LogP contribution in [-0.2, 0) is 0 Å². The zero-order valence-corrected chi connectivity index (χ0v) is 12.0. The zero-order chi connectivity index (χ0) is 13.0. The lowest BCUT2D eigenvalue weighted by atomic mass is 9.83. The quantitative estimate of drug-likeness (QED) is 0.555. The molecule has 2 saturated heterocycles. The van der Waals surface area contributed by atoms with E-state index in [1.165, 1.54) is 51.4 Å². The Labute approximate surface area is 113 Å². The molecule has 2 nitrogen and oxygen atoms in total. The van der Waals surface area contributed by atoms with Crippen molar-refractivity contribution < 1.29 is 0 Å². The standard InChI is InChI=1S/C16H30N2/c1-3-4-5-6-7-8-16(17)13-11-14-9-10-15(12-13)18(14)2/h3,13-16H,1,4-12,17H2,2H3. The summed E-state index contributed by atoms with van der Waals surface area (Å²) in [4.78, 5) is 2.60. The fourth-order valence-corrected chi connectivity index (χ4v) is 3.88. The monoisotopic (exact) mass is 250 g/mol. The van der Waals surface area contributed by atoms with Crippen LogP contribution in [0.1, 0.15) is 57.8 Å². The predicted molar refractivity (Wildman–Crippen MR) is 78.6 cm³/mol. The first kappa shape index (κ1) is 14.1. The van der Waals surface area contributed by atoms with Crippen LogP contribution in [0.2, 0.25) is 0 Å². The Balaban J connectivity index is 1.67. The normalized spacial score (nSPS) is 33.6. The summed E-state index contributed by atoms with van der Waals surface area (Å²) in [6.07, 6.45) is 13.8. The van der Waals surface area contributed by atoms with Gasteiger partial charge in [-0.2, -0.15) is 0 Å². The van der Waals surface area contributed by atoms with E-state index in [1.807, 2.05) is 6.08 Å². The van der Waals surface area contributed by atoms with E-state index in [-0.39, 0.29) is 0 Å². The summed E-state index contributed by atoms with van der Waals surface area (Å²) in [7, 11) is 2.30. The van der Waals surface area contributed by atoms with Crippen molar-refractivity contribution in [1.82, 2.24) is 4.90 Å². The summed E-state index contributed by atoms with van der Waals surface area (Å²) in [5.74, 6) is 0.790. The average Bonchev–Trinajstić information content (AvgIpc) is 2.61. The summed E-state index contributed by atoms with van der Waals surface area (Å²) in [6.45, 7) is 3.77. The predicted octanol–water partition coefficient (Wildman–Crippen LogP) is 3.32. The molecule has 3 atom stereocenters. The van der Waals surface area contributed by atoms with Gasteiger partial charge in [0.1, 0.15) is 0 Å². The SMILES string of the molecule is C=CCCCCCC(N)C1CC2CCC(C1)N2C. The summed E-state index contributed by atoms with van der Waals surface area (Å²) < 4.78 is 0. The highest BCUT2D eigenvalue weighted by Gasteiger charge is 2.39. The van der Waals surface area contributed by atoms with E-state index in [2.05, 4.69) is 18.5 Å². The summed E-state index contributed by atoms with van der Waals surface area (Å²) >= 11 is 0. The van der Waals surface area contributed by atoms with Crippen LogP contribution in [0.5, 0.6) is 0 Å². The largest absolute Gasteiger partial charge is 0.327 e. The number of fused-ring (bicyclic) bond motifs is 2. The van der Waals surface area contributed by atoms with Gasteiger partial charge >= 0.3 is 0 Å². The molecule has 2 N–H and O–H groups in total. The minimum Gasteiger partial charge on any atom is -0.327 e. The molecule has 0 spiro atoms. The van der Waals surface area contributed by atoms with Crippen molar-refractivity contribution in [1.29, 1.82) is 0 Å². The van der Waals surface area contributed by atoms with Gasteiger partial charge in [-0.05, 0) is 57.9 Å². The van der Waals surface area contributed by atoms with Crippen molar-refractivity contribution in [2.75, 3.05) is 7.05 Å². The zero-order valence-electron chi connectivity index (χ0n) is 12.0. The van der Waals surface area contributed by atoms with Crippen LogP contribution in [0.4, 0.5) is 0 Å². The van der Waals surface area contributed by atoms with E-state index >= 15 is 0 Å². The Morgan fingerprint density at radius 3 is 2.50 bits per heavy atom. The lowest BCUT2D eigenvalue weighted by molar-refractivity contribution is 0.118. The first-order valence-corrected chi connectivity index (χ1v) is 7.80. The molecule has 18 heavy (non-hydrogen) atoms. The molecule has 0 amide bonds. The Hall–Kier alpha value is -0.340. The number of piperidine rings is 1. The van der Waals surface area contributed by atoms with Gasteiger partial charge in [0.15, 0.2) is 0 Å². The molecule has 0 radical (unpaired) electrons. The minimum atomic E-state index is 0.450. The van der Waals surface area contributed by atoms with Gasteiger partial charge in [-0.1, -0.05) is 18.9 Å². The molecule has 0 aromatic carbocycles. The summed E-state index contributed by atoms with van der Waals surface area (Å²) in [5.41, 5.74) is 6.42. The van der Waals surface area contributed by atoms with Gasteiger partial charge in [0.25, 0.3) is 0 Å². The highest BCUT2D eigenvalue weighted by Crippen LogP contribution is 2.38. The van der Waals surface area contributed by atoms with Crippen LogP contribution >= 0.6 is 0 Å². The molecule has 2 bridgehead atoms. The number of nitrogens with zero attached hydrogens (tertiary/aromatic N) is 1. The van der Waals surface area contributed by atoms with E-state index in [4.69, 9.17) is 5.73 Å². The number of unbranched alkanes of at least 4 members (excludes halogenated alkanes) is 3. The fraction of sp³-hybridized carbons (Fsp3) is 0.875. The Morgan fingerprint density at radius 1 is 1.22 bits per heavy atom. The smallest absolute Gasteiger partial charge is 0.00989 e. The molecule has 2 heteroatoms. The molecule has 2 aliphatic heterocycles. The van der Waals surface area contributed by atoms with Gasteiger partial charge < -0.3 is 10.6 Å². The van der Waals surface area contributed by atoms with Crippen molar-refractivity contribution in [3.8, 4) is 0 Å². The summed E-state index contributed by atoms with van der Waals surface area (Å²) in [5, 5.41) is 0. The van der Waals surface area contributed by atoms with Gasteiger partial charge in [0.2, 0.25) is 0 Å². The van der Waals surface area contributed by atoms with Crippen molar-refractivity contribution in [2.45, 2.75) is 75.9 Å². The topological polar surface area (TPSA) is 29.3 Å². The maximum absolute atomic E-state index is 6.42. The maximum atomic E-state index is 6.42. The maximum Gasteiger partial charge on any atom is 0.00989 e. The Kier molecular flexibility index (Phi) is 5.25. The molecule has 2 fully saturated rings. The Bertz CT molecular complexity index is 250. The molecular weight excluding hydrogens is 220 g/mol. The lowest BCUT2D eigenvalue weighted by Gasteiger charge is -2.38. The van der Waals surface area contributed by atoms with Crippen LogP contribution in [0.3, 0.4) is 0 Å². The lowest BCUT2D eigenvalue weighted by Crippen LogP contribution is -2.45. The van der Waals surface area contributed by atoms with Gasteiger partial charge in [-0.3, -0.25) is 0 Å². The van der Waals surface area contributed by atoms with Gasteiger partial charge in [-0.25, -0.2) is 0 Å². The number of hydrogen-bond donors (Lipinski definition) is 1. The first-order valence-electron chi connectivity index (χ1n) is 7.80. The first-order chi connectivity index (χ1) is 8.72. The average molecular weight is 250 g/mol. The molecule has 0 aromatic rings. The molecule has 3 unspecified atom stereocenters. The fourth-order valence-electron chi connectivity index (χ4n) is 3.88. The third-order valence-electron chi connectivity index (χ3n) is 5.19. The van der Waals surface area contributed by atoms with Crippen molar-refractivity contribution in [3.05, 3.63) is 12.7 Å². The van der Waals surface area contributed by atoms with Crippen LogP contribution in [-0.4, -0.2) is 30.1 Å². The minimum absolute atomic E-state index is 0.450. The van der Waals surface area contributed by atoms with Gasteiger partial charge in [0.05, 0.1) is 0 Å². The van der Waals surface area contributed by atoms with Crippen molar-refractivity contribution in [2.24, 2.45) is 11.7 Å². The van der Waals surface area contributed by atoms with E-state index < -0.39 is 0 Å². The van der Waals surface area contributed by atoms with Crippen LogP contribution in [0.15, 0.2) is 12.7 Å². The molecule has 0 aromatic heterocycles. The second-order valence-corrected chi connectivity index (χ2v) is 6.37. The number of hydrogen-bond acceptors (Lipinski definition) is 2. The van der Waals surface area contributed by atoms with Crippen molar-refractivity contribution >= 4 is 0 Å². The third-order valence-corrected chi connectivity index (χ3v) is 5.19. The highest BCUT2D eigenvalue weighted by molar-refractivity contribution is 4.95. The number of allylic oxidation sites excluding steroid dienone is 1.